The highest BCUT2D eigenvalue weighted by Crippen LogP contribution is 2.24. The fourth-order valence-corrected chi connectivity index (χ4v) is 4.42. The highest BCUT2D eigenvalue weighted by Gasteiger charge is 2.27. The molecule has 2 unspecified atom stereocenters. The van der Waals surface area contributed by atoms with Gasteiger partial charge in [0.2, 0.25) is 0 Å². The van der Waals surface area contributed by atoms with E-state index in [1.54, 1.807) is 0 Å². The first-order chi connectivity index (χ1) is 16.6. The Balaban J connectivity index is 1.36. The highest BCUT2D eigenvalue weighted by molar-refractivity contribution is 6.34. The lowest BCUT2D eigenvalue weighted by molar-refractivity contribution is -0.00648. The summed E-state index contributed by atoms with van der Waals surface area (Å²) in [5.74, 6) is 0. The molecule has 34 heavy (non-hydrogen) atoms. The van der Waals surface area contributed by atoms with E-state index in [1.165, 1.54) is 0 Å². The maximum Gasteiger partial charge on any atom is 0.145 e. The van der Waals surface area contributed by atoms with Crippen molar-refractivity contribution < 1.29 is 14.7 Å². The van der Waals surface area contributed by atoms with Gasteiger partial charge in [-0.25, -0.2) is 0 Å². The lowest BCUT2D eigenvalue weighted by atomic mass is 10.0. The number of oxime groups is 1. The van der Waals surface area contributed by atoms with E-state index in [1.807, 2.05) is 78.9 Å². The molecule has 178 valence electrons. The number of aliphatic hydroxyl groups is 1. The maximum absolute atomic E-state index is 10.7. The number of nitrogens with zero attached hydrogens (tertiary/aromatic N) is 2. The Morgan fingerprint density at radius 1 is 0.971 bits per heavy atom. The molecule has 2 atom stereocenters. The Kier molecular flexibility index (Phi) is 8.97. The monoisotopic (exact) mass is 498 g/mol. The van der Waals surface area contributed by atoms with Crippen LogP contribution in [0.25, 0.3) is 0 Å². The highest BCUT2D eigenvalue weighted by atomic mass is 35.5. The van der Waals surface area contributed by atoms with E-state index in [2.05, 4.69) is 10.1 Å². The Labute approximate surface area is 210 Å². The molecule has 5 nitrogen and oxygen atoms in total. The van der Waals surface area contributed by atoms with Crippen LogP contribution in [0.1, 0.15) is 23.1 Å². The fraction of sp³-hybridized carbons (Fsp3) is 0.296. The predicted molar refractivity (Wildman–Crippen MR) is 136 cm³/mol. The minimum atomic E-state index is -0.656. The van der Waals surface area contributed by atoms with Crippen molar-refractivity contribution in [3.8, 4) is 0 Å². The van der Waals surface area contributed by atoms with Crippen molar-refractivity contribution >= 4 is 28.9 Å². The van der Waals surface area contributed by atoms with E-state index < -0.39 is 6.10 Å². The number of aliphatic hydroxyl groups excluding tert-OH is 1. The van der Waals surface area contributed by atoms with Crippen molar-refractivity contribution in [3.63, 3.8) is 0 Å². The number of hydrogen-bond donors (Lipinski definition) is 1. The standard InChI is InChI=1S/C27H28Cl2N2O3/c28-25-12-6-4-10-21(25)15-31(16-22(32)19-33-18-20-8-2-1-3-9-20)17-23-14-27(30-34-23)24-11-5-7-13-26(24)29/h1-13,22-23,32H,14-19H2. The largest absolute Gasteiger partial charge is 0.390 e. The number of ether oxygens (including phenoxy) is 1. The van der Waals surface area contributed by atoms with Crippen LogP contribution in [0.2, 0.25) is 10.0 Å². The molecule has 0 amide bonds. The van der Waals surface area contributed by atoms with Crippen molar-refractivity contribution in [1.82, 2.24) is 4.90 Å². The molecule has 4 rings (SSSR count). The van der Waals surface area contributed by atoms with Crippen molar-refractivity contribution in [3.05, 3.63) is 106 Å². The third kappa shape index (κ3) is 7.05. The molecule has 1 N–H and O–H groups in total. The van der Waals surface area contributed by atoms with Gasteiger partial charge in [-0.05, 0) is 23.3 Å². The van der Waals surface area contributed by atoms with Gasteiger partial charge in [-0.2, -0.15) is 0 Å². The molecule has 3 aromatic rings. The van der Waals surface area contributed by atoms with Crippen LogP contribution in [0.3, 0.4) is 0 Å². The maximum atomic E-state index is 10.7. The molecule has 0 fully saturated rings. The second-order valence-corrected chi connectivity index (χ2v) is 9.20. The molecule has 3 aromatic carbocycles. The van der Waals surface area contributed by atoms with Gasteiger partial charge in [-0.3, -0.25) is 4.90 Å². The smallest absolute Gasteiger partial charge is 0.145 e. The van der Waals surface area contributed by atoms with Crippen LogP contribution in [0.15, 0.2) is 84.0 Å². The average molecular weight is 499 g/mol. The van der Waals surface area contributed by atoms with Crippen molar-refractivity contribution in [2.75, 3.05) is 19.7 Å². The van der Waals surface area contributed by atoms with Crippen molar-refractivity contribution in [2.24, 2.45) is 5.16 Å². The molecule has 0 saturated carbocycles. The van der Waals surface area contributed by atoms with Crippen LogP contribution < -0.4 is 0 Å². The first-order valence-corrected chi connectivity index (χ1v) is 12.1. The topological polar surface area (TPSA) is 54.3 Å². The van der Waals surface area contributed by atoms with E-state index in [-0.39, 0.29) is 12.7 Å². The minimum absolute atomic E-state index is 0.147. The zero-order valence-electron chi connectivity index (χ0n) is 18.8. The number of benzene rings is 3. The number of halogens is 2. The third-order valence-electron chi connectivity index (χ3n) is 5.62. The normalized spacial score (nSPS) is 16.4. The molecule has 0 spiro atoms. The molecule has 0 bridgehead atoms. The number of rotatable bonds is 11. The van der Waals surface area contributed by atoms with Gasteiger partial charge in [0, 0.05) is 41.7 Å². The van der Waals surface area contributed by atoms with Crippen molar-refractivity contribution in [1.29, 1.82) is 0 Å². The Bertz CT molecular complexity index is 1090. The third-order valence-corrected chi connectivity index (χ3v) is 6.32. The van der Waals surface area contributed by atoms with Gasteiger partial charge in [-0.15, -0.1) is 0 Å². The van der Waals surface area contributed by atoms with Gasteiger partial charge in [0.25, 0.3) is 0 Å². The molecule has 1 heterocycles. The van der Waals surface area contributed by atoms with E-state index in [9.17, 15) is 5.11 Å². The van der Waals surface area contributed by atoms with Crippen molar-refractivity contribution in [2.45, 2.75) is 31.8 Å². The van der Waals surface area contributed by atoms with E-state index >= 15 is 0 Å². The Morgan fingerprint density at radius 3 is 2.44 bits per heavy atom. The Morgan fingerprint density at radius 2 is 1.68 bits per heavy atom. The second kappa shape index (κ2) is 12.3. The van der Waals surface area contributed by atoms with Crippen LogP contribution in [0.5, 0.6) is 0 Å². The molecule has 0 aromatic heterocycles. The summed E-state index contributed by atoms with van der Waals surface area (Å²) < 4.78 is 5.74. The van der Waals surface area contributed by atoms with Crippen LogP contribution >= 0.6 is 23.2 Å². The van der Waals surface area contributed by atoms with Gasteiger partial charge in [0.05, 0.1) is 25.0 Å². The predicted octanol–water partition coefficient (Wildman–Crippen LogP) is 5.57. The van der Waals surface area contributed by atoms with E-state index in [4.69, 9.17) is 32.8 Å². The quantitative estimate of drug-likeness (QED) is 0.375. The summed E-state index contributed by atoms with van der Waals surface area (Å²) in [5, 5.41) is 16.3. The second-order valence-electron chi connectivity index (χ2n) is 8.39. The lowest BCUT2D eigenvalue weighted by Gasteiger charge is -2.27. The van der Waals surface area contributed by atoms with Gasteiger partial charge < -0.3 is 14.7 Å². The minimum Gasteiger partial charge on any atom is -0.390 e. The van der Waals surface area contributed by atoms with E-state index in [0.29, 0.717) is 42.7 Å². The first kappa shape index (κ1) is 24.7. The van der Waals surface area contributed by atoms with Gasteiger partial charge in [0.15, 0.2) is 0 Å². The molecule has 0 radical (unpaired) electrons. The summed E-state index contributed by atoms with van der Waals surface area (Å²) in [7, 11) is 0. The Hall–Kier alpha value is -2.41. The zero-order valence-corrected chi connectivity index (χ0v) is 20.3. The first-order valence-electron chi connectivity index (χ1n) is 11.3. The summed E-state index contributed by atoms with van der Waals surface area (Å²) in [6.07, 6.45) is -0.161. The zero-order chi connectivity index (χ0) is 23.8. The van der Waals surface area contributed by atoms with Crippen LogP contribution in [-0.4, -0.2) is 47.6 Å². The lowest BCUT2D eigenvalue weighted by Crippen LogP contribution is -2.39. The molecule has 0 aliphatic carbocycles. The van der Waals surface area contributed by atoms with Gasteiger partial charge in [-0.1, -0.05) is 95.1 Å². The summed E-state index contributed by atoms with van der Waals surface area (Å²) in [6, 6.07) is 25.3. The van der Waals surface area contributed by atoms with E-state index in [0.717, 1.165) is 22.4 Å². The summed E-state index contributed by atoms with van der Waals surface area (Å²) >= 11 is 12.7. The van der Waals surface area contributed by atoms with Crippen LogP contribution in [-0.2, 0) is 22.7 Å². The van der Waals surface area contributed by atoms with Gasteiger partial charge in [0.1, 0.15) is 6.10 Å². The number of hydrogen-bond acceptors (Lipinski definition) is 5. The molecule has 0 saturated heterocycles. The molecular weight excluding hydrogens is 471 g/mol. The summed E-state index contributed by atoms with van der Waals surface area (Å²) in [6.45, 7) is 2.28. The molecular formula is C27H28Cl2N2O3. The summed E-state index contributed by atoms with van der Waals surface area (Å²) in [5.41, 5.74) is 3.79. The molecule has 1 aliphatic rings. The molecule has 1 aliphatic heterocycles. The van der Waals surface area contributed by atoms with Crippen LogP contribution in [0, 0.1) is 0 Å². The fourth-order valence-electron chi connectivity index (χ4n) is 3.98. The summed E-state index contributed by atoms with van der Waals surface area (Å²) in [4.78, 5) is 7.87. The average Bonchev–Trinajstić information content (AvgIpc) is 3.29. The SMILES string of the molecule is OC(COCc1ccccc1)CN(Cc1ccccc1Cl)CC1CC(c2ccccc2Cl)=NO1. The van der Waals surface area contributed by atoms with Gasteiger partial charge >= 0.3 is 0 Å². The molecule has 7 heteroatoms. The van der Waals surface area contributed by atoms with Crippen LogP contribution in [0.4, 0.5) is 0 Å².